The third-order valence-corrected chi connectivity index (χ3v) is 6.56. The summed E-state index contributed by atoms with van der Waals surface area (Å²) in [6, 6.07) is 13.7. The molecule has 2 heterocycles. The molecule has 2 aromatic heterocycles. The molecule has 0 saturated carbocycles. The fraction of sp³-hybridized carbons (Fsp3) is 0.185. The molecule has 1 amide bonds. The number of carboxylic acids is 2. The smallest absolute Gasteiger partial charge is 0.337 e. The van der Waals surface area contributed by atoms with Gasteiger partial charge in [-0.3, -0.25) is 24.2 Å². The van der Waals surface area contributed by atoms with Crippen molar-refractivity contribution in [2.24, 2.45) is 0 Å². The number of nitrogens with zero attached hydrogens (tertiary/aromatic N) is 1. The van der Waals surface area contributed by atoms with Gasteiger partial charge in [-0.05, 0) is 29.7 Å². The van der Waals surface area contributed by atoms with E-state index in [1.807, 2.05) is 6.92 Å². The van der Waals surface area contributed by atoms with E-state index in [1.54, 1.807) is 24.4 Å². The van der Waals surface area contributed by atoms with Crippen LogP contribution in [0.15, 0.2) is 65.6 Å². The SMILES string of the molecule is CC(c1ccc(C(=O)N[C@@](CCC(=O)O)(C(=O)O)C(=O)c2ccccc2)cc1)c1c[nH]c2nc(N)[nH]c(=O)c12. The minimum atomic E-state index is -2.50. The lowest BCUT2D eigenvalue weighted by Gasteiger charge is -2.29. The van der Waals surface area contributed by atoms with Gasteiger partial charge in [-0.2, -0.15) is 4.98 Å². The Balaban J connectivity index is 1.63. The van der Waals surface area contributed by atoms with Crippen molar-refractivity contribution in [3.05, 3.63) is 93.4 Å². The second kappa shape index (κ2) is 10.6. The molecule has 12 heteroatoms. The first-order valence-corrected chi connectivity index (χ1v) is 11.9. The lowest BCUT2D eigenvalue weighted by Crippen LogP contribution is -2.60. The standard InChI is InChI=1S/C27H25N5O7/c1-14(18-13-29-22-20(18)24(37)31-26(28)30-22)15-7-9-17(10-8-15)23(36)32-27(25(38)39,12-11-19(33)34)21(35)16-5-3-2-4-6-16/h2-10,13-14H,11-12H2,1H3,(H,32,36)(H,33,34)(H,38,39)(H4,28,29,30,31,37)/t14?,27-/m1/s1. The van der Waals surface area contributed by atoms with Crippen molar-refractivity contribution >= 4 is 40.6 Å². The maximum atomic E-state index is 13.3. The van der Waals surface area contributed by atoms with E-state index < -0.39 is 47.6 Å². The predicted molar refractivity (Wildman–Crippen MR) is 141 cm³/mol. The number of ketones is 1. The molecule has 4 rings (SSSR count). The first-order valence-electron chi connectivity index (χ1n) is 11.9. The van der Waals surface area contributed by atoms with Gasteiger partial charge >= 0.3 is 11.9 Å². The Morgan fingerprint density at radius 1 is 1.03 bits per heavy atom. The number of aromatic amines is 2. The number of Topliss-reactive ketones (excluding diaryl/α,β-unsaturated/α-hetero) is 1. The van der Waals surface area contributed by atoms with Crippen LogP contribution >= 0.6 is 0 Å². The van der Waals surface area contributed by atoms with Crippen LogP contribution in [0.3, 0.4) is 0 Å². The Labute approximate surface area is 220 Å². The van der Waals surface area contributed by atoms with Crippen molar-refractivity contribution < 1.29 is 29.4 Å². The number of rotatable bonds is 10. The number of nitrogen functional groups attached to an aromatic ring is 1. The van der Waals surface area contributed by atoms with Gasteiger partial charge in [-0.1, -0.05) is 49.4 Å². The first kappa shape index (κ1) is 26.8. The molecule has 12 nitrogen and oxygen atoms in total. The van der Waals surface area contributed by atoms with Crippen molar-refractivity contribution in [2.75, 3.05) is 5.73 Å². The number of hydrogen-bond donors (Lipinski definition) is 6. The Morgan fingerprint density at radius 2 is 1.69 bits per heavy atom. The van der Waals surface area contributed by atoms with Crippen LogP contribution in [0.5, 0.6) is 0 Å². The normalized spacial score (nSPS) is 13.4. The van der Waals surface area contributed by atoms with E-state index in [4.69, 9.17) is 10.8 Å². The van der Waals surface area contributed by atoms with Crippen LogP contribution in [0.25, 0.3) is 11.0 Å². The van der Waals surface area contributed by atoms with Crippen LogP contribution in [-0.4, -0.2) is 54.3 Å². The number of amides is 1. The molecule has 200 valence electrons. The minimum Gasteiger partial charge on any atom is -0.481 e. The lowest BCUT2D eigenvalue weighted by atomic mass is 9.84. The molecule has 2 atom stereocenters. The number of nitrogens with one attached hydrogen (secondary N) is 3. The number of hydrogen-bond acceptors (Lipinski definition) is 7. The third-order valence-electron chi connectivity index (χ3n) is 6.56. The molecule has 0 aliphatic carbocycles. The number of aromatic nitrogens is 3. The van der Waals surface area contributed by atoms with Crippen LogP contribution < -0.4 is 16.6 Å². The lowest BCUT2D eigenvalue weighted by molar-refractivity contribution is -0.143. The summed E-state index contributed by atoms with van der Waals surface area (Å²) in [5.41, 5.74) is 4.50. The quantitative estimate of drug-likeness (QED) is 0.131. The minimum absolute atomic E-state index is 0.0136. The molecular formula is C27H25N5O7. The number of aliphatic carboxylic acids is 2. The fourth-order valence-electron chi connectivity index (χ4n) is 4.41. The average Bonchev–Trinajstić information content (AvgIpc) is 3.34. The Hall–Kier alpha value is -5.26. The molecule has 1 unspecified atom stereocenters. The van der Waals surface area contributed by atoms with Crippen LogP contribution in [0, 0.1) is 0 Å². The molecule has 0 fully saturated rings. The number of carboxylic acid groups (broad SMARTS) is 2. The van der Waals surface area contributed by atoms with Crippen molar-refractivity contribution in [3.8, 4) is 0 Å². The zero-order valence-corrected chi connectivity index (χ0v) is 20.7. The molecule has 2 aromatic carbocycles. The van der Waals surface area contributed by atoms with Crippen LogP contribution in [0.4, 0.5) is 5.95 Å². The highest BCUT2D eigenvalue weighted by atomic mass is 16.4. The van der Waals surface area contributed by atoms with Gasteiger partial charge in [0, 0.05) is 29.7 Å². The van der Waals surface area contributed by atoms with Crippen molar-refractivity contribution in [3.63, 3.8) is 0 Å². The molecule has 0 spiro atoms. The predicted octanol–water partition coefficient (Wildman–Crippen LogP) is 2.29. The molecule has 7 N–H and O–H groups in total. The maximum Gasteiger partial charge on any atom is 0.337 e. The molecule has 0 radical (unpaired) electrons. The summed E-state index contributed by atoms with van der Waals surface area (Å²) in [6.07, 6.45) is 0.336. The van der Waals surface area contributed by atoms with Crippen LogP contribution in [0.2, 0.25) is 0 Å². The van der Waals surface area contributed by atoms with Crippen LogP contribution in [0.1, 0.15) is 57.5 Å². The highest BCUT2D eigenvalue weighted by Gasteiger charge is 2.48. The zero-order chi connectivity index (χ0) is 28.3. The first-order chi connectivity index (χ1) is 18.5. The summed E-state index contributed by atoms with van der Waals surface area (Å²) in [5.74, 6) is -5.10. The topological polar surface area (TPSA) is 208 Å². The van der Waals surface area contributed by atoms with Crippen LogP contribution in [-0.2, 0) is 9.59 Å². The number of anilines is 1. The molecule has 0 aliphatic rings. The largest absolute Gasteiger partial charge is 0.481 e. The van der Waals surface area contributed by atoms with Crippen molar-refractivity contribution in [1.29, 1.82) is 0 Å². The van der Waals surface area contributed by atoms with E-state index in [0.717, 1.165) is 5.56 Å². The number of nitrogens with two attached hydrogens (primary N) is 1. The van der Waals surface area contributed by atoms with E-state index in [-0.39, 0.29) is 23.0 Å². The fourth-order valence-corrected chi connectivity index (χ4v) is 4.41. The Bertz CT molecular complexity index is 1630. The van der Waals surface area contributed by atoms with Gasteiger partial charge in [-0.25, -0.2) is 4.79 Å². The van der Waals surface area contributed by atoms with Gasteiger partial charge < -0.3 is 26.2 Å². The summed E-state index contributed by atoms with van der Waals surface area (Å²) in [5, 5.41) is 21.9. The van der Waals surface area contributed by atoms with Crippen molar-refractivity contribution in [2.45, 2.75) is 31.2 Å². The summed E-state index contributed by atoms with van der Waals surface area (Å²) in [6.45, 7) is 1.85. The summed E-state index contributed by atoms with van der Waals surface area (Å²) < 4.78 is 0. The van der Waals surface area contributed by atoms with Gasteiger partial charge in [0.05, 0.1) is 5.39 Å². The third kappa shape index (κ3) is 5.25. The van der Waals surface area contributed by atoms with Gasteiger partial charge in [0.1, 0.15) is 5.65 Å². The van der Waals surface area contributed by atoms with Gasteiger partial charge in [0.2, 0.25) is 11.5 Å². The average molecular weight is 532 g/mol. The van der Waals surface area contributed by atoms with Crippen molar-refractivity contribution in [1.82, 2.24) is 20.3 Å². The molecular weight excluding hydrogens is 506 g/mol. The Morgan fingerprint density at radius 3 is 2.31 bits per heavy atom. The Kier molecular flexibility index (Phi) is 7.29. The second-order valence-corrected chi connectivity index (χ2v) is 9.02. The number of carbonyl (C=O) groups is 4. The maximum absolute atomic E-state index is 13.3. The molecule has 39 heavy (non-hydrogen) atoms. The van der Waals surface area contributed by atoms with E-state index in [0.29, 0.717) is 16.6 Å². The van der Waals surface area contributed by atoms with Gasteiger partial charge in [-0.15, -0.1) is 0 Å². The van der Waals surface area contributed by atoms with Gasteiger partial charge in [0.25, 0.3) is 11.5 Å². The molecule has 0 saturated heterocycles. The summed E-state index contributed by atoms with van der Waals surface area (Å²) in [4.78, 5) is 72.0. The highest BCUT2D eigenvalue weighted by molar-refractivity contribution is 6.18. The molecule has 0 aliphatic heterocycles. The van der Waals surface area contributed by atoms with E-state index in [2.05, 4.69) is 20.3 Å². The molecule has 4 aromatic rings. The monoisotopic (exact) mass is 531 g/mol. The van der Waals surface area contributed by atoms with E-state index in [1.165, 1.54) is 36.4 Å². The number of fused-ring (bicyclic) bond motifs is 1. The van der Waals surface area contributed by atoms with Gasteiger partial charge in [0.15, 0.2) is 5.78 Å². The summed E-state index contributed by atoms with van der Waals surface area (Å²) in [7, 11) is 0. The highest BCUT2D eigenvalue weighted by Crippen LogP contribution is 2.29. The zero-order valence-electron chi connectivity index (χ0n) is 20.7. The van der Waals surface area contributed by atoms with E-state index in [9.17, 15) is 29.1 Å². The second-order valence-electron chi connectivity index (χ2n) is 9.02. The number of benzene rings is 2. The number of H-pyrrole nitrogens is 2. The number of carbonyl (C=O) groups excluding carboxylic acids is 2. The molecule has 0 bridgehead atoms. The van der Waals surface area contributed by atoms with E-state index >= 15 is 0 Å². The summed E-state index contributed by atoms with van der Waals surface area (Å²) >= 11 is 0.